The first-order chi connectivity index (χ1) is 16.9. The van der Waals surface area contributed by atoms with Gasteiger partial charge in [0.05, 0.1) is 0 Å². The van der Waals surface area contributed by atoms with Gasteiger partial charge in [0, 0.05) is 24.5 Å². The van der Waals surface area contributed by atoms with Crippen LogP contribution in [0.25, 0.3) is 0 Å². The molecule has 1 aromatic rings. The van der Waals surface area contributed by atoms with Gasteiger partial charge in [-0.3, -0.25) is 10.6 Å². The van der Waals surface area contributed by atoms with Gasteiger partial charge in [0.25, 0.3) is 0 Å². The summed E-state index contributed by atoms with van der Waals surface area (Å²) < 4.78 is 11.1. The van der Waals surface area contributed by atoms with Crippen molar-refractivity contribution >= 4 is 23.6 Å². The van der Waals surface area contributed by atoms with Crippen LogP contribution in [0.15, 0.2) is 18.2 Å². The first kappa shape index (κ1) is 27.3. The van der Waals surface area contributed by atoms with E-state index in [0.717, 1.165) is 57.7 Å². The van der Waals surface area contributed by atoms with Crippen molar-refractivity contribution in [3.05, 3.63) is 23.8 Å². The molecule has 2 heterocycles. The van der Waals surface area contributed by atoms with E-state index in [1.807, 2.05) is 26.8 Å². The number of aryl methyl sites for hydroxylation is 1. The molecule has 0 saturated carbocycles. The lowest BCUT2D eigenvalue weighted by Gasteiger charge is -2.27. The van der Waals surface area contributed by atoms with E-state index in [9.17, 15) is 9.59 Å². The summed E-state index contributed by atoms with van der Waals surface area (Å²) in [5, 5.41) is 5.59. The number of likely N-dealkylation sites (tertiary alicyclic amines) is 2. The molecule has 0 radical (unpaired) electrons. The van der Waals surface area contributed by atoms with Gasteiger partial charge in [0.15, 0.2) is 0 Å². The molecule has 3 rings (SSSR count). The number of piperidine rings is 2. The smallest absolute Gasteiger partial charge is 0.411 e. The van der Waals surface area contributed by atoms with Crippen LogP contribution in [0.1, 0.15) is 70.8 Å². The highest BCUT2D eigenvalue weighted by Gasteiger charge is 2.17. The number of hydrogen-bond donors (Lipinski definition) is 2. The lowest BCUT2D eigenvalue weighted by atomic mass is 10.1. The minimum Gasteiger partial charge on any atom is -0.446 e. The zero-order chi connectivity index (χ0) is 25.0. The molecule has 35 heavy (non-hydrogen) atoms. The van der Waals surface area contributed by atoms with E-state index in [4.69, 9.17) is 9.47 Å². The highest BCUT2D eigenvalue weighted by Crippen LogP contribution is 2.21. The van der Waals surface area contributed by atoms with Crippen LogP contribution in [0.2, 0.25) is 0 Å². The number of carbonyl (C=O) groups is 2. The summed E-state index contributed by atoms with van der Waals surface area (Å²) >= 11 is 0. The van der Waals surface area contributed by atoms with Gasteiger partial charge in [0.1, 0.15) is 12.2 Å². The molecule has 196 valence electrons. The zero-order valence-corrected chi connectivity index (χ0v) is 21.8. The average molecular weight is 489 g/mol. The third-order valence-electron chi connectivity index (χ3n) is 6.94. The Labute approximate surface area is 210 Å². The highest BCUT2D eigenvalue weighted by molar-refractivity contribution is 5.89. The number of benzene rings is 1. The van der Waals surface area contributed by atoms with Gasteiger partial charge in [0.2, 0.25) is 0 Å². The van der Waals surface area contributed by atoms with Crippen LogP contribution in [-0.4, -0.2) is 73.5 Å². The first-order valence-electron chi connectivity index (χ1n) is 13.4. The van der Waals surface area contributed by atoms with Gasteiger partial charge in [-0.2, -0.15) is 0 Å². The number of nitrogens with one attached hydrogen (secondary N) is 2. The van der Waals surface area contributed by atoms with Crippen molar-refractivity contribution in [2.75, 3.05) is 49.9 Å². The predicted molar refractivity (Wildman–Crippen MR) is 140 cm³/mol. The largest absolute Gasteiger partial charge is 0.446 e. The number of hydrogen-bond acceptors (Lipinski definition) is 6. The molecule has 8 nitrogen and oxygen atoms in total. The van der Waals surface area contributed by atoms with E-state index in [1.54, 1.807) is 12.1 Å². The summed E-state index contributed by atoms with van der Waals surface area (Å²) in [7, 11) is 0. The molecule has 2 N–H and O–H groups in total. The molecular weight excluding hydrogens is 444 g/mol. The van der Waals surface area contributed by atoms with Gasteiger partial charge < -0.3 is 19.3 Å². The van der Waals surface area contributed by atoms with Gasteiger partial charge in [-0.25, -0.2) is 9.59 Å². The number of nitrogens with zero attached hydrogens (tertiary/aromatic N) is 2. The summed E-state index contributed by atoms with van der Waals surface area (Å²) in [6.45, 7) is 12.2. The third-order valence-corrected chi connectivity index (χ3v) is 6.94. The quantitative estimate of drug-likeness (QED) is 0.445. The Balaban J connectivity index is 1.40. The molecule has 2 amide bonds. The fourth-order valence-corrected chi connectivity index (χ4v) is 4.70. The molecule has 8 heteroatoms. The Hall–Kier alpha value is -2.32. The van der Waals surface area contributed by atoms with E-state index in [-0.39, 0.29) is 12.2 Å². The molecule has 2 unspecified atom stereocenters. The topological polar surface area (TPSA) is 83.1 Å². The molecule has 0 aromatic heterocycles. The van der Waals surface area contributed by atoms with E-state index >= 15 is 0 Å². The number of ether oxygens (including phenoxy) is 2. The van der Waals surface area contributed by atoms with Crippen molar-refractivity contribution in [1.82, 2.24) is 9.80 Å². The molecule has 2 aliphatic rings. The summed E-state index contributed by atoms with van der Waals surface area (Å²) in [4.78, 5) is 29.7. The van der Waals surface area contributed by atoms with Crippen molar-refractivity contribution < 1.29 is 19.1 Å². The second kappa shape index (κ2) is 14.3. The van der Waals surface area contributed by atoms with E-state index < -0.39 is 12.2 Å². The van der Waals surface area contributed by atoms with Crippen molar-refractivity contribution in [3.8, 4) is 0 Å². The van der Waals surface area contributed by atoms with Gasteiger partial charge in [-0.05, 0) is 103 Å². The van der Waals surface area contributed by atoms with Crippen LogP contribution in [0.5, 0.6) is 0 Å². The molecule has 0 bridgehead atoms. The lowest BCUT2D eigenvalue weighted by Crippen LogP contribution is -2.33. The van der Waals surface area contributed by atoms with Crippen LogP contribution in [-0.2, 0) is 9.47 Å². The van der Waals surface area contributed by atoms with Crippen LogP contribution in [0.3, 0.4) is 0 Å². The minimum atomic E-state index is -0.486. The second-order valence-electron chi connectivity index (χ2n) is 10.1. The summed E-state index contributed by atoms with van der Waals surface area (Å²) in [5.74, 6) is 0. The van der Waals surface area contributed by atoms with Crippen LogP contribution < -0.4 is 10.6 Å². The predicted octanol–water partition coefficient (Wildman–Crippen LogP) is 5.62. The van der Waals surface area contributed by atoms with Crippen LogP contribution >= 0.6 is 0 Å². The van der Waals surface area contributed by atoms with Crippen LogP contribution in [0.4, 0.5) is 21.0 Å². The van der Waals surface area contributed by atoms with Gasteiger partial charge in [-0.15, -0.1) is 0 Å². The molecule has 2 atom stereocenters. The van der Waals surface area contributed by atoms with Crippen molar-refractivity contribution in [1.29, 1.82) is 0 Å². The van der Waals surface area contributed by atoms with Crippen molar-refractivity contribution in [3.63, 3.8) is 0 Å². The maximum absolute atomic E-state index is 12.4. The van der Waals surface area contributed by atoms with Crippen molar-refractivity contribution in [2.24, 2.45) is 0 Å². The molecule has 2 fully saturated rings. The van der Waals surface area contributed by atoms with Crippen LogP contribution in [0, 0.1) is 6.92 Å². The van der Waals surface area contributed by atoms with Crippen molar-refractivity contribution in [2.45, 2.75) is 84.3 Å². The Bertz CT molecular complexity index is 806. The normalized spacial score (nSPS) is 18.9. The fourth-order valence-electron chi connectivity index (χ4n) is 4.70. The Morgan fingerprint density at radius 1 is 0.800 bits per heavy atom. The molecular formula is C27H44N4O4. The maximum atomic E-state index is 12.4. The fraction of sp³-hybridized carbons (Fsp3) is 0.704. The average Bonchev–Trinajstić information content (AvgIpc) is 2.85. The Kier molecular flexibility index (Phi) is 11.1. The SMILES string of the molecule is Cc1ccc(NC(=O)OC(C)CCN2CCCCC2)cc1NC(=O)OC(C)CCN1CCCCC1. The number of anilines is 2. The second-order valence-corrected chi connectivity index (χ2v) is 10.1. The Morgan fingerprint density at radius 3 is 1.80 bits per heavy atom. The van der Waals surface area contributed by atoms with E-state index in [1.165, 1.54) is 38.5 Å². The lowest BCUT2D eigenvalue weighted by molar-refractivity contribution is 0.102. The zero-order valence-electron chi connectivity index (χ0n) is 21.8. The maximum Gasteiger partial charge on any atom is 0.411 e. The molecule has 0 spiro atoms. The van der Waals surface area contributed by atoms with Gasteiger partial charge >= 0.3 is 12.2 Å². The molecule has 1 aromatic carbocycles. The summed E-state index contributed by atoms with van der Waals surface area (Å²) in [6, 6.07) is 5.38. The molecule has 2 saturated heterocycles. The molecule has 0 aliphatic carbocycles. The third kappa shape index (κ3) is 10.1. The summed E-state index contributed by atoms with van der Waals surface area (Å²) in [5.41, 5.74) is 2.06. The Morgan fingerprint density at radius 2 is 1.29 bits per heavy atom. The molecule has 2 aliphatic heterocycles. The number of rotatable bonds is 10. The highest BCUT2D eigenvalue weighted by atomic mass is 16.6. The standard InChI is InChI=1S/C27H44N4O4/c1-21-10-11-24(28-26(32)34-22(2)12-18-30-14-6-4-7-15-30)20-25(21)29-27(33)35-23(3)13-19-31-16-8-5-9-17-31/h10-11,20,22-23H,4-9,12-19H2,1-3H3,(H,28,32)(H,29,33). The first-order valence-corrected chi connectivity index (χ1v) is 13.4. The van der Waals surface area contributed by atoms with E-state index in [0.29, 0.717) is 11.4 Å². The summed E-state index contributed by atoms with van der Waals surface area (Å²) in [6.07, 6.45) is 7.98. The number of amides is 2. The minimum absolute atomic E-state index is 0.165. The monoisotopic (exact) mass is 488 g/mol. The van der Waals surface area contributed by atoms with Gasteiger partial charge in [-0.1, -0.05) is 18.9 Å². The number of carbonyl (C=O) groups excluding carboxylic acids is 2. The van der Waals surface area contributed by atoms with E-state index in [2.05, 4.69) is 20.4 Å².